The van der Waals surface area contributed by atoms with Gasteiger partial charge in [-0.15, -0.1) is 6.58 Å². The Morgan fingerprint density at radius 1 is 1.18 bits per heavy atom. The minimum absolute atomic E-state index is 0.875. The van der Waals surface area contributed by atoms with Gasteiger partial charge in [-0.1, -0.05) is 38.7 Å². The summed E-state index contributed by atoms with van der Waals surface area (Å²) in [7, 11) is 0. The van der Waals surface area contributed by atoms with Crippen molar-refractivity contribution >= 4 is 0 Å². The van der Waals surface area contributed by atoms with Crippen LogP contribution in [0.5, 0.6) is 0 Å². The van der Waals surface area contributed by atoms with Gasteiger partial charge in [0.15, 0.2) is 0 Å². The molecule has 0 bridgehead atoms. The van der Waals surface area contributed by atoms with Gasteiger partial charge in [0.05, 0.1) is 0 Å². The lowest BCUT2D eigenvalue weighted by atomic mass is 10.0. The molecule has 0 aliphatic carbocycles. The van der Waals surface area contributed by atoms with Gasteiger partial charge in [0.25, 0.3) is 0 Å². The molecule has 0 aliphatic heterocycles. The van der Waals surface area contributed by atoms with Gasteiger partial charge in [-0.3, -0.25) is 0 Å². The molecule has 0 aromatic rings. The van der Waals surface area contributed by atoms with E-state index < -0.39 is 0 Å². The summed E-state index contributed by atoms with van der Waals surface area (Å²) in [6, 6.07) is 0. The maximum Gasteiger partial charge on any atom is -0.0326 e. The number of hydrogen-bond acceptors (Lipinski definition) is 0. The highest BCUT2D eigenvalue weighted by Gasteiger charge is 1.93. The molecule has 0 aromatic carbocycles. The summed E-state index contributed by atoms with van der Waals surface area (Å²) in [5.41, 5.74) is 1.33. The van der Waals surface area contributed by atoms with E-state index in [-0.39, 0.29) is 0 Å². The first-order valence-electron chi connectivity index (χ1n) is 4.77. The third-order valence-corrected chi connectivity index (χ3v) is 1.89. The molecule has 0 amide bonds. The lowest BCUT2D eigenvalue weighted by molar-refractivity contribution is 0.527. The van der Waals surface area contributed by atoms with Crippen LogP contribution in [0.1, 0.15) is 52.9 Å². The molecule has 66 valence electrons. The van der Waals surface area contributed by atoms with Crippen LogP contribution in [0.3, 0.4) is 0 Å². The number of rotatable bonds is 6. The average Bonchev–Trinajstić information content (AvgIpc) is 1.85. The van der Waals surface area contributed by atoms with Crippen LogP contribution < -0.4 is 0 Å². The second-order valence-electron chi connectivity index (χ2n) is 3.95. The molecule has 0 saturated heterocycles. The van der Waals surface area contributed by atoms with E-state index in [1.165, 1.54) is 37.7 Å². The largest absolute Gasteiger partial charge is 0.100 e. The zero-order chi connectivity index (χ0) is 8.69. The van der Waals surface area contributed by atoms with Crippen molar-refractivity contribution in [2.45, 2.75) is 52.9 Å². The molecule has 0 spiro atoms. The van der Waals surface area contributed by atoms with E-state index in [1.54, 1.807) is 0 Å². The van der Waals surface area contributed by atoms with Crippen molar-refractivity contribution in [3.8, 4) is 0 Å². The quantitative estimate of drug-likeness (QED) is 0.398. The fourth-order valence-corrected chi connectivity index (χ4v) is 1.16. The van der Waals surface area contributed by atoms with Crippen LogP contribution in [-0.4, -0.2) is 0 Å². The summed E-state index contributed by atoms with van der Waals surface area (Å²) in [6.45, 7) is 10.6. The first-order valence-corrected chi connectivity index (χ1v) is 4.77. The molecule has 0 aliphatic rings. The van der Waals surface area contributed by atoms with Crippen LogP contribution in [0.4, 0.5) is 0 Å². The third-order valence-electron chi connectivity index (χ3n) is 1.89. The van der Waals surface area contributed by atoms with E-state index in [0.717, 1.165) is 5.92 Å². The topological polar surface area (TPSA) is 0 Å². The molecule has 0 heterocycles. The van der Waals surface area contributed by atoms with Crippen LogP contribution in [-0.2, 0) is 0 Å². The molecule has 0 nitrogen and oxygen atoms in total. The van der Waals surface area contributed by atoms with Crippen LogP contribution in [0.2, 0.25) is 0 Å². The minimum atomic E-state index is 0.875. The van der Waals surface area contributed by atoms with Crippen LogP contribution >= 0.6 is 0 Å². The lowest BCUT2D eigenvalue weighted by Gasteiger charge is -2.03. The van der Waals surface area contributed by atoms with Gasteiger partial charge >= 0.3 is 0 Å². The van der Waals surface area contributed by atoms with Gasteiger partial charge in [-0.25, -0.2) is 0 Å². The Morgan fingerprint density at radius 3 is 2.27 bits per heavy atom. The Balaban J connectivity index is 2.97. The highest BCUT2D eigenvalue weighted by Crippen LogP contribution is 2.11. The summed E-state index contributed by atoms with van der Waals surface area (Å²) in [5, 5.41) is 0. The molecule has 0 N–H and O–H groups in total. The van der Waals surface area contributed by atoms with E-state index in [1.807, 2.05) is 0 Å². The Hall–Kier alpha value is -0.260. The number of allylic oxidation sites excluding steroid dienone is 1. The van der Waals surface area contributed by atoms with E-state index in [4.69, 9.17) is 0 Å². The fourth-order valence-electron chi connectivity index (χ4n) is 1.16. The van der Waals surface area contributed by atoms with Gasteiger partial charge in [0.2, 0.25) is 0 Å². The Bertz CT molecular complexity index is 101. The van der Waals surface area contributed by atoms with Crippen molar-refractivity contribution in [2.24, 2.45) is 5.92 Å². The van der Waals surface area contributed by atoms with Crippen molar-refractivity contribution in [3.05, 3.63) is 12.2 Å². The third kappa shape index (κ3) is 9.74. The normalized spacial score (nSPS) is 10.5. The Morgan fingerprint density at radius 2 is 1.82 bits per heavy atom. The summed E-state index contributed by atoms with van der Waals surface area (Å²) in [5.74, 6) is 0.875. The van der Waals surface area contributed by atoms with Crippen LogP contribution in [0, 0.1) is 5.92 Å². The van der Waals surface area contributed by atoms with Gasteiger partial charge < -0.3 is 0 Å². The minimum Gasteiger partial charge on any atom is -0.100 e. The maximum absolute atomic E-state index is 3.89. The molecule has 0 atom stereocenters. The van der Waals surface area contributed by atoms with E-state index in [9.17, 15) is 0 Å². The van der Waals surface area contributed by atoms with Crippen molar-refractivity contribution < 1.29 is 0 Å². The van der Waals surface area contributed by atoms with Crippen LogP contribution in [0.15, 0.2) is 12.2 Å². The monoisotopic (exact) mass is 154 g/mol. The fraction of sp³-hybridized carbons (Fsp3) is 0.818. The molecule has 0 unspecified atom stereocenters. The lowest BCUT2D eigenvalue weighted by Crippen LogP contribution is -1.87. The Labute approximate surface area is 71.7 Å². The first-order chi connectivity index (χ1) is 5.13. The van der Waals surface area contributed by atoms with Gasteiger partial charge in [-0.2, -0.15) is 0 Å². The summed E-state index contributed by atoms with van der Waals surface area (Å²) < 4.78 is 0. The van der Waals surface area contributed by atoms with Gasteiger partial charge in [0, 0.05) is 0 Å². The molecule has 0 rings (SSSR count). The average molecular weight is 154 g/mol. The molecule has 0 aromatic heterocycles. The Kier molecular flexibility index (Phi) is 6.30. The van der Waals surface area contributed by atoms with Crippen molar-refractivity contribution in [2.75, 3.05) is 0 Å². The zero-order valence-electron chi connectivity index (χ0n) is 8.32. The smallest absolute Gasteiger partial charge is 0.0326 e. The second-order valence-corrected chi connectivity index (χ2v) is 3.95. The van der Waals surface area contributed by atoms with Crippen molar-refractivity contribution in [3.63, 3.8) is 0 Å². The molecule has 0 radical (unpaired) electrons. The molecule has 0 heteroatoms. The van der Waals surface area contributed by atoms with Crippen molar-refractivity contribution in [1.29, 1.82) is 0 Å². The van der Waals surface area contributed by atoms with Crippen LogP contribution in [0.25, 0.3) is 0 Å². The number of hydrogen-bond donors (Lipinski definition) is 0. The zero-order valence-corrected chi connectivity index (χ0v) is 8.32. The van der Waals surface area contributed by atoms with Gasteiger partial charge in [-0.05, 0) is 25.7 Å². The number of unbranched alkanes of at least 4 members (excludes halogenated alkanes) is 2. The SMILES string of the molecule is C=C(C)CCCCCC(C)C. The summed E-state index contributed by atoms with van der Waals surface area (Å²) in [4.78, 5) is 0. The maximum atomic E-state index is 3.89. The standard InChI is InChI=1S/C11H22/c1-10(2)8-6-5-7-9-11(3)4/h11H,1,5-9H2,2-4H3. The molecular formula is C11H22. The van der Waals surface area contributed by atoms with Crippen molar-refractivity contribution in [1.82, 2.24) is 0 Å². The van der Waals surface area contributed by atoms with E-state index in [2.05, 4.69) is 27.4 Å². The summed E-state index contributed by atoms with van der Waals surface area (Å²) in [6.07, 6.45) is 6.71. The first kappa shape index (κ1) is 10.7. The predicted octanol–water partition coefficient (Wildman–Crippen LogP) is 4.17. The summed E-state index contributed by atoms with van der Waals surface area (Å²) >= 11 is 0. The highest BCUT2D eigenvalue weighted by molar-refractivity contribution is 4.86. The molecule has 0 fully saturated rings. The molecule has 11 heavy (non-hydrogen) atoms. The molecule has 0 saturated carbocycles. The van der Waals surface area contributed by atoms with E-state index in [0.29, 0.717) is 0 Å². The highest BCUT2D eigenvalue weighted by atomic mass is 14.0. The second kappa shape index (κ2) is 6.45. The molecular weight excluding hydrogens is 132 g/mol. The van der Waals surface area contributed by atoms with E-state index >= 15 is 0 Å². The van der Waals surface area contributed by atoms with Gasteiger partial charge in [0.1, 0.15) is 0 Å². The predicted molar refractivity (Wildman–Crippen MR) is 52.7 cm³/mol.